The molecule has 1 aliphatic heterocycles. The summed E-state index contributed by atoms with van der Waals surface area (Å²) < 4.78 is 6.95. The Balaban J connectivity index is 1.56. The fraction of sp³-hybridized carbons (Fsp3) is 0.167. The molecule has 2 aromatic heterocycles. The molecule has 0 saturated heterocycles. The van der Waals surface area contributed by atoms with Crippen molar-refractivity contribution in [3.8, 4) is 11.6 Å². The fourth-order valence-electron chi connectivity index (χ4n) is 2.80. The Morgan fingerprint density at radius 2 is 2.07 bits per heavy atom. The van der Waals surface area contributed by atoms with Crippen molar-refractivity contribution in [1.29, 1.82) is 0 Å². The Hall–Kier alpha value is -3.95. The second-order valence-corrected chi connectivity index (χ2v) is 6.25. The van der Waals surface area contributed by atoms with Crippen LogP contribution in [-0.4, -0.2) is 37.9 Å². The molecule has 28 heavy (non-hydrogen) atoms. The van der Waals surface area contributed by atoms with Crippen molar-refractivity contribution in [3.63, 3.8) is 0 Å². The normalized spacial score (nSPS) is 15.4. The van der Waals surface area contributed by atoms with Gasteiger partial charge in [-0.15, -0.1) is 0 Å². The standard InChI is InChI=1S/C18H16N6O4/c1-9-12(8-19-24(9)15-5-6-16(25)23-22-15)18(27)20-11-3-4-14-13(7-11)21-17(26)10(2)28-14/h3-8,10H,1-2H3,(H,20,27)(H,21,26)(H,23,25). The minimum absolute atomic E-state index is 0.249. The maximum atomic E-state index is 12.7. The molecule has 0 bridgehead atoms. The lowest BCUT2D eigenvalue weighted by Crippen LogP contribution is -2.34. The van der Waals surface area contributed by atoms with Crippen molar-refractivity contribution in [2.24, 2.45) is 0 Å². The number of hydrogen-bond donors (Lipinski definition) is 3. The quantitative estimate of drug-likeness (QED) is 0.626. The predicted molar refractivity (Wildman–Crippen MR) is 99.8 cm³/mol. The molecule has 1 aromatic carbocycles. The number of nitrogens with zero attached hydrogens (tertiary/aromatic N) is 3. The molecule has 1 aliphatic rings. The number of fused-ring (bicyclic) bond motifs is 1. The maximum absolute atomic E-state index is 12.7. The van der Waals surface area contributed by atoms with Crippen LogP contribution in [0.1, 0.15) is 23.0 Å². The van der Waals surface area contributed by atoms with E-state index in [0.717, 1.165) is 0 Å². The second kappa shape index (κ2) is 6.65. The lowest BCUT2D eigenvalue weighted by atomic mass is 10.2. The van der Waals surface area contributed by atoms with E-state index in [2.05, 4.69) is 25.9 Å². The first-order chi connectivity index (χ1) is 13.4. The maximum Gasteiger partial charge on any atom is 0.265 e. The molecular formula is C18H16N6O4. The number of rotatable bonds is 3. The van der Waals surface area contributed by atoms with Crippen LogP contribution < -0.4 is 20.9 Å². The van der Waals surface area contributed by atoms with Crippen molar-refractivity contribution in [3.05, 3.63) is 58.1 Å². The van der Waals surface area contributed by atoms with Crippen LogP contribution in [0.25, 0.3) is 5.82 Å². The van der Waals surface area contributed by atoms with Gasteiger partial charge >= 0.3 is 0 Å². The van der Waals surface area contributed by atoms with E-state index in [1.54, 1.807) is 32.0 Å². The number of carbonyl (C=O) groups excluding carboxylic acids is 2. The minimum Gasteiger partial charge on any atom is -0.479 e. The smallest absolute Gasteiger partial charge is 0.265 e. The molecule has 3 N–H and O–H groups in total. The number of aromatic nitrogens is 4. The van der Waals surface area contributed by atoms with Gasteiger partial charge in [-0.25, -0.2) is 9.78 Å². The summed E-state index contributed by atoms with van der Waals surface area (Å²) in [7, 11) is 0. The molecule has 0 fully saturated rings. The number of hydrogen-bond acceptors (Lipinski definition) is 6. The molecule has 3 heterocycles. The Morgan fingerprint density at radius 3 is 2.82 bits per heavy atom. The highest BCUT2D eigenvalue weighted by molar-refractivity contribution is 6.06. The molecule has 1 unspecified atom stereocenters. The van der Waals surface area contributed by atoms with Gasteiger partial charge in [0.2, 0.25) is 0 Å². The highest BCUT2D eigenvalue weighted by atomic mass is 16.5. The molecular weight excluding hydrogens is 364 g/mol. The Morgan fingerprint density at radius 1 is 1.25 bits per heavy atom. The average Bonchev–Trinajstić information content (AvgIpc) is 3.05. The zero-order chi connectivity index (χ0) is 19.8. The molecule has 0 saturated carbocycles. The summed E-state index contributed by atoms with van der Waals surface area (Å²) in [5, 5.41) is 15.9. The van der Waals surface area contributed by atoms with Gasteiger partial charge in [-0.2, -0.15) is 10.2 Å². The lowest BCUT2D eigenvalue weighted by Gasteiger charge is -2.23. The molecule has 1 atom stereocenters. The van der Waals surface area contributed by atoms with E-state index in [9.17, 15) is 14.4 Å². The number of carbonyl (C=O) groups is 2. The van der Waals surface area contributed by atoms with Gasteiger partial charge in [-0.05, 0) is 38.1 Å². The third-order valence-corrected chi connectivity index (χ3v) is 4.30. The zero-order valence-electron chi connectivity index (χ0n) is 15.0. The molecule has 4 rings (SSSR count). The van der Waals surface area contributed by atoms with Crippen molar-refractivity contribution >= 4 is 23.2 Å². The topological polar surface area (TPSA) is 131 Å². The number of anilines is 2. The van der Waals surface area contributed by atoms with E-state index >= 15 is 0 Å². The summed E-state index contributed by atoms with van der Waals surface area (Å²) in [4.78, 5) is 35.6. The molecule has 2 amide bonds. The van der Waals surface area contributed by atoms with E-state index in [4.69, 9.17) is 4.74 Å². The lowest BCUT2D eigenvalue weighted by molar-refractivity contribution is -0.122. The van der Waals surface area contributed by atoms with Crippen LogP contribution >= 0.6 is 0 Å². The number of amides is 2. The number of ether oxygens (including phenoxy) is 1. The van der Waals surface area contributed by atoms with Gasteiger partial charge in [0, 0.05) is 11.8 Å². The van der Waals surface area contributed by atoms with Crippen molar-refractivity contribution in [2.45, 2.75) is 20.0 Å². The third-order valence-electron chi connectivity index (χ3n) is 4.30. The summed E-state index contributed by atoms with van der Waals surface area (Å²) in [6.45, 7) is 3.38. The van der Waals surface area contributed by atoms with E-state index in [1.165, 1.54) is 23.0 Å². The van der Waals surface area contributed by atoms with Gasteiger partial charge in [0.25, 0.3) is 17.4 Å². The van der Waals surface area contributed by atoms with Crippen LogP contribution in [0.3, 0.4) is 0 Å². The molecule has 0 radical (unpaired) electrons. The van der Waals surface area contributed by atoms with Crippen molar-refractivity contribution in [1.82, 2.24) is 20.0 Å². The van der Waals surface area contributed by atoms with Crippen LogP contribution in [-0.2, 0) is 4.79 Å². The largest absolute Gasteiger partial charge is 0.479 e. The van der Waals surface area contributed by atoms with Crippen LogP contribution in [0.4, 0.5) is 11.4 Å². The summed E-state index contributed by atoms with van der Waals surface area (Å²) in [6, 6.07) is 7.83. The van der Waals surface area contributed by atoms with Crippen LogP contribution in [0.2, 0.25) is 0 Å². The number of aromatic amines is 1. The molecule has 10 heteroatoms. The summed E-state index contributed by atoms with van der Waals surface area (Å²) in [5.74, 6) is 0.309. The van der Waals surface area contributed by atoms with E-state index in [1.807, 2.05) is 0 Å². The van der Waals surface area contributed by atoms with E-state index in [-0.39, 0.29) is 17.4 Å². The van der Waals surface area contributed by atoms with Crippen molar-refractivity contribution < 1.29 is 14.3 Å². The van der Waals surface area contributed by atoms with E-state index in [0.29, 0.717) is 34.2 Å². The molecule has 142 valence electrons. The monoisotopic (exact) mass is 380 g/mol. The highest BCUT2D eigenvalue weighted by Crippen LogP contribution is 2.32. The first-order valence-electron chi connectivity index (χ1n) is 8.46. The van der Waals surface area contributed by atoms with Gasteiger partial charge in [-0.1, -0.05) is 0 Å². The second-order valence-electron chi connectivity index (χ2n) is 6.25. The minimum atomic E-state index is -0.567. The van der Waals surface area contributed by atoms with Gasteiger partial charge in [0.1, 0.15) is 5.75 Å². The first-order valence-corrected chi connectivity index (χ1v) is 8.46. The number of H-pyrrole nitrogens is 1. The van der Waals surface area contributed by atoms with Crippen LogP contribution in [0, 0.1) is 6.92 Å². The zero-order valence-corrected chi connectivity index (χ0v) is 15.0. The van der Waals surface area contributed by atoms with Gasteiger partial charge in [-0.3, -0.25) is 14.4 Å². The molecule has 3 aromatic rings. The fourth-order valence-corrected chi connectivity index (χ4v) is 2.80. The molecule has 10 nitrogen and oxygen atoms in total. The summed E-state index contributed by atoms with van der Waals surface area (Å²) >= 11 is 0. The first kappa shape index (κ1) is 17.5. The SMILES string of the molecule is Cc1c(C(=O)Nc2ccc3c(c2)NC(=O)C(C)O3)cnn1-c1ccc(=O)[nH]n1. The average molecular weight is 380 g/mol. The highest BCUT2D eigenvalue weighted by Gasteiger charge is 2.24. The van der Waals surface area contributed by atoms with E-state index < -0.39 is 6.10 Å². The Labute approximate surface area is 158 Å². The van der Waals surface area contributed by atoms with Crippen molar-refractivity contribution in [2.75, 3.05) is 10.6 Å². The van der Waals surface area contributed by atoms with Gasteiger partial charge in [0.05, 0.1) is 23.1 Å². The van der Waals surface area contributed by atoms with Crippen LogP contribution in [0.15, 0.2) is 41.3 Å². The Bertz CT molecular complexity index is 1130. The third kappa shape index (κ3) is 3.11. The van der Waals surface area contributed by atoms with Gasteiger partial charge in [0.15, 0.2) is 11.9 Å². The number of benzene rings is 1. The summed E-state index contributed by atoms with van der Waals surface area (Å²) in [5.41, 5.74) is 1.56. The number of nitrogens with one attached hydrogen (secondary N) is 3. The van der Waals surface area contributed by atoms with Gasteiger partial charge < -0.3 is 15.4 Å². The Kier molecular flexibility index (Phi) is 4.15. The summed E-state index contributed by atoms with van der Waals surface area (Å²) in [6.07, 6.45) is 0.852. The predicted octanol–water partition coefficient (Wildman–Crippen LogP) is 1.24. The molecule has 0 aliphatic carbocycles. The molecule has 0 spiro atoms. The van der Waals surface area contributed by atoms with Crippen LogP contribution in [0.5, 0.6) is 5.75 Å².